The fraction of sp³-hybridized carbons (Fsp3) is 0.133. The molecule has 0 aliphatic rings. The zero-order chi connectivity index (χ0) is 26.5. The molecule has 0 atom stereocenters. The van der Waals surface area contributed by atoms with Crippen molar-refractivity contribution in [2.45, 2.75) is 13.8 Å². The Balaban J connectivity index is 0.000000206. The second kappa shape index (κ2) is 14.9. The zero-order valence-corrected chi connectivity index (χ0v) is 23.0. The van der Waals surface area contributed by atoms with Crippen LogP contribution in [0, 0.1) is 13.8 Å². The third-order valence-corrected chi connectivity index (χ3v) is 5.84. The molecule has 0 aliphatic carbocycles. The van der Waals surface area contributed by atoms with Crippen molar-refractivity contribution in [3.05, 3.63) is 129 Å². The van der Waals surface area contributed by atoms with Crippen LogP contribution in [0.5, 0.6) is 0 Å². The van der Waals surface area contributed by atoms with E-state index in [2.05, 4.69) is 39.7 Å². The van der Waals surface area contributed by atoms with Crippen LogP contribution in [-0.4, -0.2) is 26.2 Å². The van der Waals surface area contributed by atoms with Crippen molar-refractivity contribution in [3.8, 4) is 11.1 Å². The fourth-order valence-electron chi connectivity index (χ4n) is 3.03. The molecule has 0 spiro atoms. The van der Waals surface area contributed by atoms with E-state index in [1.54, 1.807) is 30.3 Å². The minimum Gasteiger partial charge on any atom is -0.465 e. The lowest BCUT2D eigenvalue weighted by molar-refractivity contribution is 0.0592. The van der Waals surface area contributed by atoms with Crippen LogP contribution in [0.15, 0.2) is 102 Å². The molecular weight excluding hydrogens is 540 g/mol. The smallest absolute Gasteiger partial charge is 0.339 e. The van der Waals surface area contributed by atoms with E-state index in [-0.39, 0.29) is 5.97 Å². The predicted molar refractivity (Wildman–Crippen MR) is 150 cm³/mol. The van der Waals surface area contributed by atoms with E-state index in [9.17, 15) is 9.59 Å². The van der Waals surface area contributed by atoms with Crippen LogP contribution in [0.25, 0.3) is 11.1 Å². The highest BCUT2D eigenvalue weighted by atomic mass is 79.9. The highest BCUT2D eigenvalue weighted by Crippen LogP contribution is 2.24. The van der Waals surface area contributed by atoms with Crippen LogP contribution < -0.4 is 0 Å². The molecule has 0 aromatic heterocycles. The quantitative estimate of drug-likeness (QED) is 0.234. The molecule has 0 unspecified atom stereocenters. The standard InChI is InChI=1S/C15H14O2.C8H7ClO2.C7H7Br/c1-11-7-9-12(10-8-11)13-5-3-4-6-14(13)15(16)17-2;1-11-8(10)6-4-2-3-5-7(6)9;1-6-2-4-7(8)5-3-6/h3-10H,1-2H3;2-5H,1H3;2-5H,1H3. The number of hydrogen-bond donors (Lipinski definition) is 0. The average molecular weight is 568 g/mol. The Hall–Kier alpha value is -3.41. The molecule has 0 N–H and O–H groups in total. The molecule has 4 nitrogen and oxygen atoms in total. The molecule has 0 fully saturated rings. The maximum Gasteiger partial charge on any atom is 0.339 e. The average Bonchev–Trinajstić information content (AvgIpc) is 2.91. The Labute approximate surface area is 226 Å². The number of benzene rings is 4. The van der Waals surface area contributed by atoms with Gasteiger partial charge in [0.2, 0.25) is 0 Å². The van der Waals surface area contributed by atoms with Crippen molar-refractivity contribution in [3.63, 3.8) is 0 Å². The molecule has 0 saturated carbocycles. The summed E-state index contributed by atoms with van der Waals surface area (Å²) in [5, 5.41) is 0.416. The SMILES string of the molecule is COC(=O)c1ccccc1-c1ccc(C)cc1.COC(=O)c1ccccc1Cl.Cc1ccc(Br)cc1. The van der Waals surface area contributed by atoms with Crippen molar-refractivity contribution in [1.29, 1.82) is 0 Å². The van der Waals surface area contributed by atoms with Gasteiger partial charge in [0.15, 0.2) is 0 Å². The van der Waals surface area contributed by atoms with Crippen molar-refractivity contribution in [2.24, 2.45) is 0 Å². The van der Waals surface area contributed by atoms with Crippen molar-refractivity contribution in [1.82, 2.24) is 0 Å². The van der Waals surface area contributed by atoms with Crippen LogP contribution in [0.4, 0.5) is 0 Å². The van der Waals surface area contributed by atoms with E-state index >= 15 is 0 Å². The first-order valence-electron chi connectivity index (χ1n) is 11.1. The van der Waals surface area contributed by atoms with E-state index in [1.807, 2.05) is 61.5 Å². The first-order valence-corrected chi connectivity index (χ1v) is 12.2. The number of carbonyl (C=O) groups excluding carboxylic acids is 2. The van der Waals surface area contributed by atoms with E-state index in [1.165, 1.54) is 25.3 Å². The van der Waals surface area contributed by atoms with Gasteiger partial charge in [-0.2, -0.15) is 0 Å². The molecule has 0 radical (unpaired) electrons. The molecule has 36 heavy (non-hydrogen) atoms. The number of methoxy groups -OCH3 is 2. The molecule has 6 heteroatoms. The molecule has 0 amide bonds. The summed E-state index contributed by atoms with van der Waals surface area (Å²) < 4.78 is 10.4. The molecular formula is C30H28BrClO4. The van der Waals surface area contributed by atoms with E-state index in [4.69, 9.17) is 16.3 Å². The maximum atomic E-state index is 11.7. The minimum absolute atomic E-state index is 0.304. The Bertz CT molecular complexity index is 1250. The van der Waals surface area contributed by atoms with E-state index in [0.29, 0.717) is 16.1 Å². The van der Waals surface area contributed by atoms with Crippen molar-refractivity contribution < 1.29 is 19.1 Å². The van der Waals surface area contributed by atoms with Gasteiger partial charge in [0.05, 0.1) is 30.4 Å². The summed E-state index contributed by atoms with van der Waals surface area (Å²) >= 11 is 9.04. The lowest BCUT2D eigenvalue weighted by atomic mass is 9.99. The van der Waals surface area contributed by atoms with Gasteiger partial charge in [-0.05, 0) is 55.3 Å². The van der Waals surface area contributed by atoms with Crippen LogP contribution >= 0.6 is 27.5 Å². The maximum absolute atomic E-state index is 11.7. The predicted octanol–water partition coefficient (Wildman–Crippen LogP) is 8.33. The van der Waals surface area contributed by atoms with Gasteiger partial charge in [-0.15, -0.1) is 0 Å². The van der Waals surface area contributed by atoms with Crippen molar-refractivity contribution in [2.75, 3.05) is 14.2 Å². The number of halogens is 2. The topological polar surface area (TPSA) is 52.6 Å². The van der Waals surface area contributed by atoms with Crippen molar-refractivity contribution >= 4 is 39.5 Å². The summed E-state index contributed by atoms with van der Waals surface area (Å²) in [5.41, 5.74) is 5.42. The molecule has 4 aromatic rings. The molecule has 4 aromatic carbocycles. The molecule has 0 aliphatic heterocycles. The minimum atomic E-state index is -0.407. The van der Waals surface area contributed by atoms with Gasteiger partial charge in [-0.3, -0.25) is 0 Å². The lowest BCUT2D eigenvalue weighted by Gasteiger charge is -2.08. The Kier molecular flexibility index (Phi) is 11.9. The number of aryl methyl sites for hydroxylation is 2. The molecule has 4 rings (SSSR count). The van der Waals surface area contributed by atoms with Gasteiger partial charge >= 0.3 is 11.9 Å². The van der Waals surface area contributed by atoms with Gasteiger partial charge in [-0.25, -0.2) is 9.59 Å². The summed E-state index contributed by atoms with van der Waals surface area (Å²) in [6, 6.07) is 30.5. The Morgan fingerprint density at radius 1 is 0.639 bits per heavy atom. The zero-order valence-electron chi connectivity index (χ0n) is 20.6. The highest BCUT2D eigenvalue weighted by molar-refractivity contribution is 9.10. The number of ether oxygens (including phenoxy) is 2. The summed E-state index contributed by atoms with van der Waals surface area (Å²) in [5.74, 6) is -0.711. The van der Waals surface area contributed by atoms with Gasteiger partial charge in [0.25, 0.3) is 0 Å². The van der Waals surface area contributed by atoms with Gasteiger partial charge in [0, 0.05) is 4.47 Å². The molecule has 186 valence electrons. The van der Waals surface area contributed by atoms with Gasteiger partial charge in [0.1, 0.15) is 0 Å². The first kappa shape index (κ1) is 28.8. The largest absolute Gasteiger partial charge is 0.465 e. The Morgan fingerprint density at radius 2 is 1.08 bits per heavy atom. The summed E-state index contributed by atoms with van der Waals surface area (Å²) in [4.78, 5) is 22.6. The molecule has 0 bridgehead atoms. The normalized spacial score (nSPS) is 9.61. The summed E-state index contributed by atoms with van der Waals surface area (Å²) in [6.45, 7) is 4.11. The molecule has 0 heterocycles. The van der Waals surface area contributed by atoms with Crippen LogP contribution in [-0.2, 0) is 9.47 Å². The number of carbonyl (C=O) groups is 2. The summed E-state index contributed by atoms with van der Waals surface area (Å²) in [6.07, 6.45) is 0. The number of esters is 2. The van der Waals surface area contributed by atoms with E-state index in [0.717, 1.165) is 15.6 Å². The highest BCUT2D eigenvalue weighted by Gasteiger charge is 2.12. The fourth-order valence-corrected chi connectivity index (χ4v) is 3.50. The monoisotopic (exact) mass is 566 g/mol. The second-order valence-corrected chi connectivity index (χ2v) is 8.99. The van der Waals surface area contributed by atoms with Gasteiger partial charge in [-0.1, -0.05) is 105 Å². The van der Waals surface area contributed by atoms with Crippen LogP contribution in [0.2, 0.25) is 5.02 Å². The third kappa shape index (κ3) is 8.99. The molecule has 0 saturated heterocycles. The Morgan fingerprint density at radius 3 is 1.58 bits per heavy atom. The van der Waals surface area contributed by atoms with Gasteiger partial charge < -0.3 is 9.47 Å². The van der Waals surface area contributed by atoms with Crippen LogP contribution in [0.3, 0.4) is 0 Å². The third-order valence-electron chi connectivity index (χ3n) is 4.98. The number of hydrogen-bond acceptors (Lipinski definition) is 4. The van der Waals surface area contributed by atoms with Crippen LogP contribution in [0.1, 0.15) is 31.8 Å². The lowest BCUT2D eigenvalue weighted by Crippen LogP contribution is -2.03. The number of rotatable bonds is 3. The second-order valence-electron chi connectivity index (χ2n) is 7.67. The summed E-state index contributed by atoms with van der Waals surface area (Å²) in [7, 11) is 2.72. The van der Waals surface area contributed by atoms with E-state index < -0.39 is 5.97 Å². The first-order chi connectivity index (χ1) is 17.3.